The van der Waals surface area contributed by atoms with Gasteiger partial charge in [0.2, 0.25) is 0 Å². The van der Waals surface area contributed by atoms with Crippen LogP contribution in [0.15, 0.2) is 54.6 Å². The number of aliphatic carboxylic acids is 1. The van der Waals surface area contributed by atoms with Gasteiger partial charge in [0.15, 0.2) is 5.78 Å². The molecule has 0 bridgehead atoms. The Bertz CT molecular complexity index is 984. The van der Waals surface area contributed by atoms with Gasteiger partial charge in [-0.3, -0.25) is 4.79 Å². The molecule has 0 saturated heterocycles. The van der Waals surface area contributed by atoms with E-state index in [1.165, 1.54) is 30.3 Å². The molecule has 0 spiro atoms. The summed E-state index contributed by atoms with van der Waals surface area (Å²) < 4.78 is 0. The number of allylic oxidation sites excluding steroid dienone is 1. The zero-order chi connectivity index (χ0) is 20.0. The van der Waals surface area contributed by atoms with Gasteiger partial charge in [-0.2, -0.15) is 0 Å². The molecule has 0 aliphatic rings. The third kappa shape index (κ3) is 4.99. The van der Waals surface area contributed by atoms with Gasteiger partial charge in [0, 0.05) is 11.6 Å². The summed E-state index contributed by atoms with van der Waals surface area (Å²) in [6.07, 6.45) is 4.41. The van der Waals surface area contributed by atoms with E-state index in [0.29, 0.717) is 5.56 Å². The van der Waals surface area contributed by atoms with E-state index in [-0.39, 0.29) is 22.3 Å². The van der Waals surface area contributed by atoms with E-state index >= 15 is 0 Å². The van der Waals surface area contributed by atoms with Crippen LogP contribution < -0.4 is 0 Å². The van der Waals surface area contributed by atoms with Gasteiger partial charge in [0.25, 0.3) is 0 Å². The minimum atomic E-state index is -1.31. The number of rotatable bonds is 7. The number of benzene rings is 2. The highest BCUT2D eigenvalue weighted by Crippen LogP contribution is 2.16. The molecule has 7 heteroatoms. The number of ketones is 1. The highest BCUT2D eigenvalue weighted by Gasteiger charge is 2.13. The SMILES string of the molecule is O=C(O)C=Cc1ccc(C(=O)C=Cc2ccccc2C(=O)O)cc1C(=O)O. The first-order valence-electron chi connectivity index (χ1n) is 7.62. The fraction of sp³-hybridized carbons (Fsp3) is 0. The quantitative estimate of drug-likeness (QED) is 0.507. The average Bonchev–Trinajstić information content (AvgIpc) is 2.64. The molecule has 7 nitrogen and oxygen atoms in total. The molecule has 3 N–H and O–H groups in total. The van der Waals surface area contributed by atoms with Crippen LogP contribution in [0.25, 0.3) is 12.2 Å². The molecular weight excluding hydrogens is 352 g/mol. The van der Waals surface area contributed by atoms with Gasteiger partial charge in [-0.15, -0.1) is 0 Å². The van der Waals surface area contributed by atoms with E-state index in [9.17, 15) is 24.3 Å². The third-order valence-corrected chi connectivity index (χ3v) is 3.58. The standard InChI is InChI=1S/C20H14O7/c21-17(9-7-12-3-1-2-4-15(12)19(24)25)14-6-5-13(8-10-18(22)23)16(11-14)20(26)27/h1-11H,(H,22,23)(H,24,25)(H,26,27). The number of hydrogen-bond acceptors (Lipinski definition) is 4. The van der Waals surface area contributed by atoms with E-state index < -0.39 is 23.7 Å². The summed E-state index contributed by atoms with van der Waals surface area (Å²) in [4.78, 5) is 45.4. The first-order chi connectivity index (χ1) is 12.8. The fourth-order valence-corrected chi connectivity index (χ4v) is 2.30. The summed E-state index contributed by atoms with van der Waals surface area (Å²) in [5, 5.41) is 27.0. The number of carboxylic acid groups (broad SMARTS) is 3. The van der Waals surface area contributed by atoms with Crippen LogP contribution in [0.2, 0.25) is 0 Å². The van der Waals surface area contributed by atoms with Crippen LogP contribution in [-0.2, 0) is 4.79 Å². The molecule has 0 fully saturated rings. The molecule has 0 saturated carbocycles. The van der Waals surface area contributed by atoms with Crippen molar-refractivity contribution in [2.24, 2.45) is 0 Å². The van der Waals surface area contributed by atoms with E-state index in [1.54, 1.807) is 12.1 Å². The number of aromatic carboxylic acids is 2. The van der Waals surface area contributed by atoms with Gasteiger partial charge < -0.3 is 15.3 Å². The van der Waals surface area contributed by atoms with E-state index in [1.807, 2.05) is 0 Å². The van der Waals surface area contributed by atoms with Crippen molar-refractivity contribution in [1.29, 1.82) is 0 Å². The van der Waals surface area contributed by atoms with Crippen LogP contribution in [0.1, 0.15) is 42.2 Å². The predicted molar refractivity (Wildman–Crippen MR) is 96.8 cm³/mol. The second-order valence-corrected chi connectivity index (χ2v) is 5.37. The molecule has 0 radical (unpaired) electrons. The Balaban J connectivity index is 2.34. The molecule has 0 heterocycles. The van der Waals surface area contributed by atoms with Crippen molar-refractivity contribution in [1.82, 2.24) is 0 Å². The first kappa shape index (κ1) is 19.3. The lowest BCUT2D eigenvalue weighted by molar-refractivity contribution is -0.131. The van der Waals surface area contributed by atoms with Crippen LogP contribution in [0.4, 0.5) is 0 Å². The highest BCUT2D eigenvalue weighted by atomic mass is 16.4. The van der Waals surface area contributed by atoms with Crippen molar-refractivity contribution >= 4 is 35.8 Å². The molecule has 0 amide bonds. The average molecular weight is 366 g/mol. The van der Waals surface area contributed by atoms with Gasteiger partial charge >= 0.3 is 17.9 Å². The van der Waals surface area contributed by atoms with Crippen LogP contribution in [0.5, 0.6) is 0 Å². The summed E-state index contributed by atoms with van der Waals surface area (Å²) in [5.74, 6) is -4.20. The van der Waals surface area contributed by atoms with Crippen molar-refractivity contribution in [3.63, 3.8) is 0 Å². The first-order valence-corrected chi connectivity index (χ1v) is 7.62. The van der Waals surface area contributed by atoms with Crippen molar-refractivity contribution in [2.75, 3.05) is 0 Å². The molecule has 0 unspecified atom stereocenters. The Morgan fingerprint density at radius 1 is 0.704 bits per heavy atom. The van der Waals surface area contributed by atoms with Crippen molar-refractivity contribution < 1.29 is 34.5 Å². The predicted octanol–water partition coefficient (Wildman–Crippen LogP) is 3.08. The lowest BCUT2D eigenvalue weighted by Crippen LogP contribution is -2.04. The Morgan fingerprint density at radius 2 is 1.30 bits per heavy atom. The van der Waals surface area contributed by atoms with E-state index in [4.69, 9.17) is 10.2 Å². The molecule has 27 heavy (non-hydrogen) atoms. The van der Waals surface area contributed by atoms with E-state index in [2.05, 4.69) is 0 Å². The second-order valence-electron chi connectivity index (χ2n) is 5.37. The van der Waals surface area contributed by atoms with Crippen LogP contribution in [-0.4, -0.2) is 39.0 Å². The maximum Gasteiger partial charge on any atom is 0.336 e. The normalized spacial score (nSPS) is 11.0. The summed E-state index contributed by atoms with van der Waals surface area (Å²) in [5.41, 5.74) is 0.350. The molecular formula is C20H14O7. The number of carbonyl (C=O) groups is 4. The minimum Gasteiger partial charge on any atom is -0.478 e. The Labute approximate surface area is 153 Å². The Hall–Kier alpha value is -4.00. The lowest BCUT2D eigenvalue weighted by atomic mass is 10.00. The number of carbonyl (C=O) groups excluding carboxylic acids is 1. The molecule has 0 aromatic heterocycles. The summed E-state index contributed by atoms with van der Waals surface area (Å²) in [6, 6.07) is 9.96. The van der Waals surface area contributed by atoms with Crippen LogP contribution >= 0.6 is 0 Å². The van der Waals surface area contributed by atoms with Crippen LogP contribution in [0, 0.1) is 0 Å². The molecule has 136 valence electrons. The Kier molecular flexibility index (Phi) is 6.01. The molecule has 0 aliphatic heterocycles. The molecule has 2 rings (SSSR count). The van der Waals surface area contributed by atoms with Gasteiger partial charge in [-0.25, -0.2) is 14.4 Å². The topological polar surface area (TPSA) is 129 Å². The third-order valence-electron chi connectivity index (χ3n) is 3.58. The monoisotopic (exact) mass is 366 g/mol. The Morgan fingerprint density at radius 3 is 1.93 bits per heavy atom. The summed E-state index contributed by atoms with van der Waals surface area (Å²) in [6.45, 7) is 0. The van der Waals surface area contributed by atoms with E-state index in [0.717, 1.165) is 24.3 Å². The zero-order valence-corrected chi connectivity index (χ0v) is 13.8. The van der Waals surface area contributed by atoms with Crippen molar-refractivity contribution in [3.05, 3.63) is 82.4 Å². The maximum absolute atomic E-state index is 12.3. The second kappa shape index (κ2) is 8.39. The molecule has 0 atom stereocenters. The van der Waals surface area contributed by atoms with Gasteiger partial charge in [0.1, 0.15) is 0 Å². The van der Waals surface area contributed by atoms with Gasteiger partial charge in [-0.1, -0.05) is 36.4 Å². The molecule has 2 aromatic rings. The van der Waals surface area contributed by atoms with Gasteiger partial charge in [-0.05, 0) is 35.4 Å². The maximum atomic E-state index is 12.3. The fourth-order valence-electron chi connectivity index (χ4n) is 2.30. The molecule has 2 aromatic carbocycles. The van der Waals surface area contributed by atoms with Crippen molar-refractivity contribution in [2.45, 2.75) is 0 Å². The zero-order valence-electron chi connectivity index (χ0n) is 13.8. The number of carboxylic acids is 3. The van der Waals surface area contributed by atoms with Crippen molar-refractivity contribution in [3.8, 4) is 0 Å². The highest BCUT2D eigenvalue weighted by molar-refractivity contribution is 6.09. The summed E-state index contributed by atoms with van der Waals surface area (Å²) >= 11 is 0. The van der Waals surface area contributed by atoms with Gasteiger partial charge in [0.05, 0.1) is 11.1 Å². The molecule has 0 aliphatic carbocycles. The smallest absolute Gasteiger partial charge is 0.336 e. The number of hydrogen-bond donors (Lipinski definition) is 3. The summed E-state index contributed by atoms with van der Waals surface area (Å²) in [7, 11) is 0. The van der Waals surface area contributed by atoms with Crippen LogP contribution in [0.3, 0.4) is 0 Å². The minimum absolute atomic E-state index is 0.0296. The largest absolute Gasteiger partial charge is 0.478 e. The lowest BCUT2D eigenvalue weighted by Gasteiger charge is -2.04.